The summed E-state index contributed by atoms with van der Waals surface area (Å²) in [5, 5.41) is 0. The molecule has 0 fully saturated rings. The third kappa shape index (κ3) is 4.03. The Balaban J connectivity index is 0.000001000. The Morgan fingerprint density at radius 2 is 1.64 bits per heavy atom. The largest absolute Gasteiger partial charge is 0.370 e. The molecule has 1 aromatic rings. The average Bonchev–Trinajstić information content (AvgIpc) is 1.88. The number of para-hydroxylation sites is 1. The Morgan fingerprint density at radius 1 is 1.09 bits per heavy atom. The maximum atomic E-state index is 5.15. The van der Waals surface area contributed by atoms with Crippen LogP contribution in [0.3, 0.4) is 0 Å². The normalized spacial score (nSPS) is 8.00. The molecule has 0 bridgehead atoms. The number of nitrogens with zero attached hydrogens (tertiary/aromatic N) is 1. The van der Waals surface area contributed by atoms with E-state index in [0.29, 0.717) is 0 Å². The van der Waals surface area contributed by atoms with Gasteiger partial charge in [-0.15, -0.1) is 0 Å². The first-order valence-corrected chi connectivity index (χ1v) is 2.94. The van der Waals surface area contributed by atoms with Gasteiger partial charge in [0.25, 0.3) is 0 Å². The van der Waals surface area contributed by atoms with Crippen molar-refractivity contribution in [2.45, 2.75) is 0 Å². The first kappa shape index (κ1) is 10.5. The van der Waals surface area contributed by atoms with Crippen LogP contribution in [0.25, 0.3) is 0 Å². The molecule has 0 unspecified atom stereocenters. The summed E-state index contributed by atoms with van der Waals surface area (Å²) in [6.45, 7) is 0. The molecule has 1 aromatic carbocycles. The van der Waals surface area contributed by atoms with Crippen molar-refractivity contribution in [3.63, 3.8) is 0 Å². The van der Waals surface area contributed by atoms with Gasteiger partial charge in [-0.3, -0.25) is 0 Å². The quantitative estimate of drug-likeness (QED) is 0.348. The predicted octanol–water partition coefficient (Wildman–Crippen LogP) is 0.211. The molecule has 1 radical (unpaired) electrons. The molecule has 53 valence electrons. The Hall–Kier alpha value is -0.510. The first-order valence-electron chi connectivity index (χ1n) is 2.94. The Bertz CT molecular complexity index is 229. The van der Waals surface area contributed by atoms with Crippen molar-refractivity contribution in [3.05, 3.63) is 30.3 Å². The minimum absolute atomic E-state index is 0. The summed E-state index contributed by atoms with van der Waals surface area (Å²) in [6, 6.07) is 9.33. The molecule has 0 saturated carbocycles. The van der Waals surface area contributed by atoms with E-state index in [1.165, 1.54) is 0 Å². The number of guanidine groups is 1. The van der Waals surface area contributed by atoms with E-state index < -0.39 is 0 Å². The molecule has 11 heavy (non-hydrogen) atoms. The summed E-state index contributed by atoms with van der Waals surface area (Å²) < 4.78 is 0. The van der Waals surface area contributed by atoms with Gasteiger partial charge in [0.1, 0.15) is 0 Å². The zero-order chi connectivity index (χ0) is 7.40. The third-order valence-electron chi connectivity index (χ3n) is 1.01. The Labute approximate surface area is 87.8 Å². The Morgan fingerprint density at radius 3 is 2.09 bits per heavy atom. The molecule has 4 N–H and O–H groups in total. The molecular weight excluding hydrogens is 149 g/mol. The van der Waals surface area contributed by atoms with Crippen molar-refractivity contribution in [2.75, 3.05) is 0 Å². The summed E-state index contributed by atoms with van der Waals surface area (Å²) in [5.74, 6) is 0.0891. The molecule has 0 saturated heterocycles. The van der Waals surface area contributed by atoms with Gasteiger partial charge in [-0.25, -0.2) is 4.99 Å². The van der Waals surface area contributed by atoms with Crippen LogP contribution >= 0.6 is 0 Å². The SMILES string of the molecule is NC(N)=Nc1ccccc1.[Na]. The van der Waals surface area contributed by atoms with Crippen molar-refractivity contribution < 1.29 is 0 Å². The fourth-order valence-electron chi connectivity index (χ4n) is 0.652. The molecule has 3 nitrogen and oxygen atoms in total. The number of rotatable bonds is 1. The van der Waals surface area contributed by atoms with Crippen LogP contribution in [0, 0.1) is 0 Å². The van der Waals surface area contributed by atoms with Crippen LogP contribution in [-0.2, 0) is 0 Å². The van der Waals surface area contributed by atoms with Gasteiger partial charge in [0.15, 0.2) is 5.96 Å². The van der Waals surface area contributed by atoms with E-state index in [0.717, 1.165) is 5.69 Å². The fourth-order valence-corrected chi connectivity index (χ4v) is 0.652. The molecule has 0 spiro atoms. The van der Waals surface area contributed by atoms with Crippen molar-refractivity contribution in [3.8, 4) is 0 Å². The van der Waals surface area contributed by atoms with Gasteiger partial charge < -0.3 is 11.5 Å². The summed E-state index contributed by atoms with van der Waals surface area (Å²) >= 11 is 0. The van der Waals surface area contributed by atoms with Crippen molar-refractivity contribution in [1.82, 2.24) is 0 Å². The monoisotopic (exact) mass is 158 g/mol. The van der Waals surface area contributed by atoms with Crippen molar-refractivity contribution >= 4 is 41.2 Å². The minimum Gasteiger partial charge on any atom is -0.370 e. The number of hydrogen-bond donors (Lipinski definition) is 2. The number of nitrogens with two attached hydrogens (primary N) is 2. The Kier molecular flexibility index (Phi) is 4.94. The van der Waals surface area contributed by atoms with Gasteiger partial charge in [0, 0.05) is 29.6 Å². The second kappa shape index (κ2) is 5.18. The van der Waals surface area contributed by atoms with Crippen molar-refractivity contribution in [2.24, 2.45) is 16.5 Å². The van der Waals surface area contributed by atoms with E-state index in [9.17, 15) is 0 Å². The molecule has 0 aliphatic carbocycles. The second-order valence-electron chi connectivity index (χ2n) is 1.87. The van der Waals surface area contributed by atoms with Crippen LogP contribution in [0.15, 0.2) is 35.3 Å². The number of benzene rings is 1. The van der Waals surface area contributed by atoms with Gasteiger partial charge in [-0.05, 0) is 12.1 Å². The molecule has 0 aromatic heterocycles. The van der Waals surface area contributed by atoms with Crippen LogP contribution in [0.4, 0.5) is 5.69 Å². The molecule has 0 aliphatic heterocycles. The van der Waals surface area contributed by atoms with E-state index in [1.807, 2.05) is 30.3 Å². The third-order valence-corrected chi connectivity index (χ3v) is 1.01. The number of aliphatic imine (C=N–C) groups is 1. The molecular formula is C7H9N3Na. The maximum absolute atomic E-state index is 5.15. The summed E-state index contributed by atoms with van der Waals surface area (Å²) in [5.41, 5.74) is 11.1. The minimum atomic E-state index is 0. The molecule has 0 amide bonds. The molecule has 4 heteroatoms. The van der Waals surface area contributed by atoms with Gasteiger partial charge in [0.2, 0.25) is 0 Å². The van der Waals surface area contributed by atoms with E-state index in [4.69, 9.17) is 11.5 Å². The average molecular weight is 158 g/mol. The van der Waals surface area contributed by atoms with Gasteiger partial charge in [0.05, 0.1) is 5.69 Å². The molecule has 0 atom stereocenters. The topological polar surface area (TPSA) is 64.4 Å². The number of hydrogen-bond acceptors (Lipinski definition) is 1. The maximum Gasteiger partial charge on any atom is 0.191 e. The summed E-state index contributed by atoms with van der Waals surface area (Å²) in [4.78, 5) is 3.83. The molecule has 0 aliphatic rings. The summed E-state index contributed by atoms with van der Waals surface area (Å²) in [6.07, 6.45) is 0. The molecule has 0 heterocycles. The molecule has 1 rings (SSSR count). The van der Waals surface area contributed by atoms with Crippen LogP contribution in [0.5, 0.6) is 0 Å². The van der Waals surface area contributed by atoms with Gasteiger partial charge in [-0.2, -0.15) is 0 Å². The zero-order valence-electron chi connectivity index (χ0n) is 6.49. The van der Waals surface area contributed by atoms with Crippen LogP contribution in [0.1, 0.15) is 0 Å². The predicted molar refractivity (Wildman–Crippen MR) is 47.7 cm³/mol. The van der Waals surface area contributed by atoms with Gasteiger partial charge >= 0.3 is 0 Å². The smallest absolute Gasteiger partial charge is 0.191 e. The van der Waals surface area contributed by atoms with E-state index >= 15 is 0 Å². The standard InChI is InChI=1S/C7H9N3.Na/c8-7(9)10-6-4-2-1-3-5-6;/h1-5H,(H4,8,9,10);. The fraction of sp³-hybridized carbons (Fsp3) is 0. The van der Waals surface area contributed by atoms with Crippen LogP contribution in [0.2, 0.25) is 0 Å². The van der Waals surface area contributed by atoms with E-state index in [1.54, 1.807) is 0 Å². The zero-order valence-corrected chi connectivity index (χ0v) is 8.49. The van der Waals surface area contributed by atoms with Crippen LogP contribution < -0.4 is 11.5 Å². The van der Waals surface area contributed by atoms with Gasteiger partial charge in [-0.1, -0.05) is 18.2 Å². The van der Waals surface area contributed by atoms with E-state index in [2.05, 4.69) is 4.99 Å². The second-order valence-corrected chi connectivity index (χ2v) is 1.87. The van der Waals surface area contributed by atoms with E-state index in [-0.39, 0.29) is 35.5 Å². The van der Waals surface area contributed by atoms with Crippen molar-refractivity contribution in [1.29, 1.82) is 0 Å². The summed E-state index contributed by atoms with van der Waals surface area (Å²) in [7, 11) is 0. The van der Waals surface area contributed by atoms with Crippen LogP contribution in [-0.4, -0.2) is 35.5 Å². The first-order chi connectivity index (χ1) is 4.79.